The molecule has 3 nitrogen and oxygen atoms in total. The summed E-state index contributed by atoms with van der Waals surface area (Å²) in [4.78, 5) is 4.67. The zero-order chi connectivity index (χ0) is 19.2. The smallest absolute Gasteiger partial charge is 0.128 e. The van der Waals surface area contributed by atoms with E-state index in [2.05, 4.69) is 37.0 Å². The number of unbranched alkanes of at least 4 members (excludes halogenated alkanes) is 4. The van der Waals surface area contributed by atoms with Crippen LogP contribution in [0.25, 0.3) is 11.3 Å². The molecule has 2 aromatic rings. The molecule has 0 aliphatic rings. The van der Waals surface area contributed by atoms with Crippen LogP contribution in [-0.2, 0) is 11.2 Å². The summed E-state index contributed by atoms with van der Waals surface area (Å²) in [5.41, 5.74) is 3.31. The van der Waals surface area contributed by atoms with Crippen LogP contribution in [0.3, 0.4) is 0 Å². The number of hydrogen-bond acceptors (Lipinski definition) is 3. The zero-order valence-electron chi connectivity index (χ0n) is 17.1. The second-order valence-electron chi connectivity index (χ2n) is 7.03. The van der Waals surface area contributed by atoms with Crippen molar-refractivity contribution in [2.45, 2.75) is 65.2 Å². The van der Waals surface area contributed by atoms with E-state index >= 15 is 0 Å². The van der Waals surface area contributed by atoms with Gasteiger partial charge in [0, 0.05) is 25.0 Å². The Morgan fingerprint density at radius 3 is 2.37 bits per heavy atom. The summed E-state index contributed by atoms with van der Waals surface area (Å²) in [5.74, 6) is 0.929. The highest BCUT2D eigenvalue weighted by atomic mass is 16.5. The van der Waals surface area contributed by atoms with E-state index < -0.39 is 0 Å². The van der Waals surface area contributed by atoms with Gasteiger partial charge in [-0.05, 0) is 49.4 Å². The molecule has 3 heteroatoms. The quantitative estimate of drug-likeness (QED) is 0.358. The normalized spacial score (nSPS) is 10.9. The maximum absolute atomic E-state index is 6.02. The van der Waals surface area contributed by atoms with Gasteiger partial charge in [0.05, 0.1) is 12.3 Å². The van der Waals surface area contributed by atoms with Crippen molar-refractivity contribution in [3.05, 3.63) is 48.2 Å². The molecule has 0 amide bonds. The highest BCUT2D eigenvalue weighted by molar-refractivity contribution is 5.67. The largest absolute Gasteiger partial charge is 0.493 e. The van der Waals surface area contributed by atoms with Crippen LogP contribution in [0.15, 0.2) is 42.6 Å². The minimum Gasteiger partial charge on any atom is -0.493 e. The van der Waals surface area contributed by atoms with Crippen LogP contribution >= 0.6 is 0 Å². The van der Waals surface area contributed by atoms with Crippen LogP contribution in [0.4, 0.5) is 0 Å². The van der Waals surface area contributed by atoms with Crippen molar-refractivity contribution in [1.29, 1.82) is 0 Å². The molecule has 0 N–H and O–H groups in total. The number of aromatic nitrogens is 1. The third-order valence-corrected chi connectivity index (χ3v) is 4.64. The Kier molecular flexibility index (Phi) is 10.6. The highest BCUT2D eigenvalue weighted by Gasteiger charge is 2.07. The Bertz CT molecular complexity index is 625. The molecule has 0 saturated carbocycles. The van der Waals surface area contributed by atoms with E-state index in [9.17, 15) is 0 Å². The summed E-state index contributed by atoms with van der Waals surface area (Å²) < 4.78 is 11.7. The summed E-state index contributed by atoms with van der Waals surface area (Å²) in [6, 6.07) is 12.5. The summed E-state index contributed by atoms with van der Waals surface area (Å²) in [7, 11) is 0. The second-order valence-corrected chi connectivity index (χ2v) is 7.03. The molecule has 27 heavy (non-hydrogen) atoms. The van der Waals surface area contributed by atoms with E-state index in [1.165, 1.54) is 31.2 Å². The molecule has 0 atom stereocenters. The summed E-state index contributed by atoms with van der Waals surface area (Å²) >= 11 is 0. The van der Waals surface area contributed by atoms with E-state index in [-0.39, 0.29) is 0 Å². The van der Waals surface area contributed by atoms with Crippen LogP contribution in [0.1, 0.15) is 64.4 Å². The van der Waals surface area contributed by atoms with E-state index in [0.717, 1.165) is 62.5 Å². The molecule has 0 bridgehead atoms. The molecule has 0 unspecified atom stereocenters. The van der Waals surface area contributed by atoms with E-state index in [4.69, 9.17) is 9.47 Å². The number of ether oxygens (including phenoxy) is 2. The Morgan fingerprint density at radius 1 is 0.778 bits per heavy atom. The van der Waals surface area contributed by atoms with Gasteiger partial charge in [0.15, 0.2) is 0 Å². The van der Waals surface area contributed by atoms with Gasteiger partial charge in [-0.2, -0.15) is 0 Å². The molecule has 0 fully saturated rings. The molecule has 2 rings (SSSR count). The topological polar surface area (TPSA) is 31.4 Å². The standard InChI is InChI=1S/C24H35NO2/c1-3-5-7-10-19-27-24-14-9-8-13-22(24)23-16-15-21(20-25-23)12-11-18-26-17-6-4-2/h8-9,13-16,20H,3-7,10-12,17-19H2,1-2H3. The summed E-state index contributed by atoms with van der Waals surface area (Å²) in [6.45, 7) is 6.89. The third kappa shape index (κ3) is 8.13. The number of nitrogens with zero attached hydrogens (tertiary/aromatic N) is 1. The lowest BCUT2D eigenvalue weighted by Gasteiger charge is -2.11. The number of rotatable bonds is 14. The number of hydrogen-bond donors (Lipinski definition) is 0. The van der Waals surface area contributed by atoms with E-state index in [0.29, 0.717) is 0 Å². The van der Waals surface area contributed by atoms with E-state index in [1.807, 2.05) is 24.4 Å². The van der Waals surface area contributed by atoms with Gasteiger partial charge in [0.25, 0.3) is 0 Å². The van der Waals surface area contributed by atoms with Gasteiger partial charge in [-0.15, -0.1) is 0 Å². The van der Waals surface area contributed by atoms with E-state index in [1.54, 1.807) is 0 Å². The first-order valence-corrected chi connectivity index (χ1v) is 10.6. The van der Waals surface area contributed by atoms with Gasteiger partial charge in [-0.3, -0.25) is 4.98 Å². The first kappa shape index (κ1) is 21.4. The van der Waals surface area contributed by atoms with Crippen molar-refractivity contribution >= 4 is 0 Å². The average Bonchev–Trinajstić information content (AvgIpc) is 2.71. The monoisotopic (exact) mass is 369 g/mol. The highest BCUT2D eigenvalue weighted by Crippen LogP contribution is 2.28. The first-order chi connectivity index (χ1) is 13.3. The van der Waals surface area contributed by atoms with Gasteiger partial charge in [-0.1, -0.05) is 57.7 Å². The van der Waals surface area contributed by atoms with Crippen LogP contribution in [-0.4, -0.2) is 24.8 Å². The Hall–Kier alpha value is -1.87. The number of aryl methyl sites for hydroxylation is 1. The number of pyridine rings is 1. The molecule has 1 heterocycles. The Balaban J connectivity index is 1.85. The molecule has 0 spiro atoms. The van der Waals surface area contributed by atoms with Crippen molar-refractivity contribution < 1.29 is 9.47 Å². The van der Waals surface area contributed by atoms with Crippen LogP contribution in [0, 0.1) is 0 Å². The van der Waals surface area contributed by atoms with Crippen molar-refractivity contribution in [3.63, 3.8) is 0 Å². The number of benzene rings is 1. The molecule has 1 aromatic heterocycles. The van der Waals surface area contributed by atoms with Crippen molar-refractivity contribution in [2.24, 2.45) is 0 Å². The molecule has 0 radical (unpaired) electrons. The summed E-state index contributed by atoms with van der Waals surface area (Å²) in [5, 5.41) is 0. The van der Waals surface area contributed by atoms with Crippen LogP contribution in [0.2, 0.25) is 0 Å². The molecule has 0 aliphatic heterocycles. The number of para-hydroxylation sites is 1. The molecule has 0 aliphatic carbocycles. The van der Waals surface area contributed by atoms with Gasteiger partial charge in [0.1, 0.15) is 5.75 Å². The average molecular weight is 370 g/mol. The van der Waals surface area contributed by atoms with Gasteiger partial charge >= 0.3 is 0 Å². The van der Waals surface area contributed by atoms with Crippen molar-refractivity contribution in [2.75, 3.05) is 19.8 Å². The Morgan fingerprint density at radius 2 is 1.59 bits per heavy atom. The predicted octanol–water partition coefficient (Wildman–Crippen LogP) is 6.46. The van der Waals surface area contributed by atoms with Crippen molar-refractivity contribution in [1.82, 2.24) is 4.98 Å². The lowest BCUT2D eigenvalue weighted by atomic mass is 10.1. The molecular weight excluding hydrogens is 334 g/mol. The second kappa shape index (κ2) is 13.3. The van der Waals surface area contributed by atoms with Gasteiger partial charge in [-0.25, -0.2) is 0 Å². The predicted molar refractivity (Wildman–Crippen MR) is 113 cm³/mol. The third-order valence-electron chi connectivity index (χ3n) is 4.64. The van der Waals surface area contributed by atoms with Gasteiger partial charge < -0.3 is 9.47 Å². The minimum absolute atomic E-state index is 0.771. The fourth-order valence-corrected chi connectivity index (χ4v) is 2.97. The first-order valence-electron chi connectivity index (χ1n) is 10.6. The van der Waals surface area contributed by atoms with Crippen molar-refractivity contribution in [3.8, 4) is 17.0 Å². The van der Waals surface area contributed by atoms with Crippen LogP contribution < -0.4 is 4.74 Å². The Labute approximate surface area is 165 Å². The van der Waals surface area contributed by atoms with Gasteiger partial charge in [0.2, 0.25) is 0 Å². The maximum Gasteiger partial charge on any atom is 0.128 e. The fraction of sp³-hybridized carbons (Fsp3) is 0.542. The SMILES string of the molecule is CCCCCCOc1ccccc1-c1ccc(CCCOCCCC)cn1. The molecular formula is C24H35NO2. The zero-order valence-corrected chi connectivity index (χ0v) is 17.1. The molecule has 148 valence electrons. The minimum atomic E-state index is 0.771. The molecule has 0 saturated heterocycles. The molecule has 1 aromatic carbocycles. The lowest BCUT2D eigenvalue weighted by molar-refractivity contribution is 0.129. The fourth-order valence-electron chi connectivity index (χ4n) is 2.97. The van der Waals surface area contributed by atoms with Crippen LogP contribution in [0.5, 0.6) is 5.75 Å². The lowest BCUT2D eigenvalue weighted by Crippen LogP contribution is -2.00. The maximum atomic E-state index is 6.02. The summed E-state index contributed by atoms with van der Waals surface area (Å²) in [6.07, 6.45) is 11.2.